The molecule has 0 aromatic rings. The summed E-state index contributed by atoms with van der Waals surface area (Å²) in [7, 11) is 0. The second-order valence-electron chi connectivity index (χ2n) is 5.80. The van der Waals surface area contributed by atoms with E-state index in [0.717, 1.165) is 6.92 Å². The number of hydrogen-bond donors (Lipinski definition) is 8. The van der Waals surface area contributed by atoms with E-state index >= 15 is 0 Å². The van der Waals surface area contributed by atoms with Gasteiger partial charge in [-0.2, -0.15) is 0 Å². The molecule has 0 spiro atoms. The Bertz CT molecular complexity index is 585. The molecule has 9 N–H and O–H groups in total. The number of rotatable bonds is 6. The van der Waals surface area contributed by atoms with Crippen LogP contribution in [-0.2, 0) is 23.9 Å². The van der Waals surface area contributed by atoms with Gasteiger partial charge in [0, 0.05) is 19.9 Å². The number of aliphatic hydroxyl groups excluding tert-OH is 3. The minimum absolute atomic E-state index is 0.660. The van der Waals surface area contributed by atoms with Crippen LogP contribution in [0.15, 0.2) is 0 Å². The van der Waals surface area contributed by atoms with Gasteiger partial charge in [0.15, 0.2) is 0 Å². The van der Waals surface area contributed by atoms with Gasteiger partial charge in [0.1, 0.15) is 12.2 Å². The molecule has 0 saturated carbocycles. The average molecular weight is 379 g/mol. The zero-order chi connectivity index (χ0) is 20.2. The number of nitrogens with two attached hydrogens (primary N) is 1. The van der Waals surface area contributed by atoms with Crippen molar-refractivity contribution in [2.45, 2.75) is 49.6 Å². The second kappa shape index (κ2) is 8.37. The molecular formula is C13H21N3O10. The minimum Gasteiger partial charge on any atom is -0.477 e. The van der Waals surface area contributed by atoms with Crippen molar-refractivity contribution in [3.8, 4) is 0 Å². The van der Waals surface area contributed by atoms with Crippen LogP contribution >= 0.6 is 0 Å². The minimum atomic E-state index is -2.88. The van der Waals surface area contributed by atoms with Crippen LogP contribution in [0.2, 0.25) is 0 Å². The van der Waals surface area contributed by atoms with E-state index in [0.29, 0.717) is 0 Å². The zero-order valence-electron chi connectivity index (χ0n) is 13.7. The maximum absolute atomic E-state index is 11.3. The summed E-state index contributed by atoms with van der Waals surface area (Å²) in [4.78, 5) is 44.1. The van der Waals surface area contributed by atoms with Gasteiger partial charge in [0.2, 0.25) is 5.91 Å². The zero-order valence-corrected chi connectivity index (χ0v) is 13.7. The van der Waals surface area contributed by atoms with E-state index in [4.69, 9.17) is 15.6 Å². The largest absolute Gasteiger partial charge is 0.477 e. The topological polar surface area (TPSA) is 229 Å². The van der Waals surface area contributed by atoms with E-state index in [9.17, 15) is 39.6 Å². The molecule has 148 valence electrons. The van der Waals surface area contributed by atoms with Gasteiger partial charge in [-0.25, -0.2) is 4.79 Å². The van der Waals surface area contributed by atoms with Crippen molar-refractivity contribution < 1.29 is 49.4 Å². The predicted octanol–water partition coefficient (Wildman–Crippen LogP) is -5.26. The summed E-state index contributed by atoms with van der Waals surface area (Å²) in [5, 5.41) is 53.3. The molecule has 1 saturated heterocycles. The standard InChI is InChI=1S/C13H21N3O10/c1-4(17)16-7-5(18)2-13(25,12(23)24)26-9(7)8(20)6(19)3-15-11(22)10(14)21/h5-9,18-20,25H,2-3H2,1H3,(H2,14,21)(H,15,22)(H,16,17)(H,23,24)/t5-,6+,7+,8+,9+,13+/m0/s1. The fraction of sp³-hybridized carbons (Fsp3) is 0.692. The lowest BCUT2D eigenvalue weighted by Crippen LogP contribution is -2.67. The summed E-state index contributed by atoms with van der Waals surface area (Å²) in [6.07, 6.45) is -8.00. The number of ether oxygens (including phenoxy) is 1. The van der Waals surface area contributed by atoms with Gasteiger partial charge < -0.3 is 46.6 Å². The highest BCUT2D eigenvalue weighted by atomic mass is 16.7. The van der Waals surface area contributed by atoms with Gasteiger partial charge in [0.05, 0.1) is 18.2 Å². The Labute approximate surface area is 146 Å². The van der Waals surface area contributed by atoms with Crippen molar-refractivity contribution in [3.63, 3.8) is 0 Å². The number of nitrogens with one attached hydrogen (secondary N) is 2. The van der Waals surface area contributed by atoms with Gasteiger partial charge in [-0.05, 0) is 0 Å². The number of carbonyl (C=O) groups is 4. The summed E-state index contributed by atoms with van der Waals surface area (Å²) in [6, 6.07) is -1.37. The number of primary amides is 1. The van der Waals surface area contributed by atoms with Crippen LogP contribution in [0.25, 0.3) is 0 Å². The number of carboxylic acids is 1. The number of aliphatic carboxylic acids is 1. The lowest BCUT2D eigenvalue weighted by Gasteiger charge is -2.44. The van der Waals surface area contributed by atoms with E-state index in [-0.39, 0.29) is 0 Å². The molecule has 0 aliphatic carbocycles. The first-order valence-electron chi connectivity index (χ1n) is 7.41. The Balaban J connectivity index is 2.98. The Morgan fingerprint density at radius 2 is 1.88 bits per heavy atom. The molecule has 1 aliphatic heterocycles. The smallest absolute Gasteiger partial charge is 0.364 e. The molecule has 1 rings (SSSR count). The van der Waals surface area contributed by atoms with Crippen molar-refractivity contribution in [1.29, 1.82) is 0 Å². The summed E-state index contributed by atoms with van der Waals surface area (Å²) in [5.74, 6) is -7.98. The normalized spacial score (nSPS) is 30.7. The monoisotopic (exact) mass is 379 g/mol. The maximum Gasteiger partial charge on any atom is 0.364 e. The number of hydrogen-bond acceptors (Lipinski definition) is 9. The Morgan fingerprint density at radius 3 is 2.35 bits per heavy atom. The van der Waals surface area contributed by atoms with Gasteiger partial charge in [-0.3, -0.25) is 14.4 Å². The number of aliphatic hydroxyl groups is 4. The highest BCUT2D eigenvalue weighted by molar-refractivity contribution is 6.34. The molecule has 1 heterocycles. The summed E-state index contributed by atoms with van der Waals surface area (Å²) >= 11 is 0. The van der Waals surface area contributed by atoms with Crippen LogP contribution in [0, 0.1) is 0 Å². The van der Waals surface area contributed by atoms with E-state index in [2.05, 4.69) is 5.32 Å². The van der Waals surface area contributed by atoms with Crippen LogP contribution < -0.4 is 16.4 Å². The van der Waals surface area contributed by atoms with Crippen LogP contribution in [0.5, 0.6) is 0 Å². The molecule has 0 aromatic carbocycles. The Kier molecular flexibility index (Phi) is 7.00. The number of carboxylic acid groups (broad SMARTS) is 1. The molecule has 0 unspecified atom stereocenters. The highest BCUT2D eigenvalue weighted by Crippen LogP contribution is 2.30. The van der Waals surface area contributed by atoms with E-state index in [1.54, 1.807) is 0 Å². The first-order valence-corrected chi connectivity index (χ1v) is 7.41. The molecule has 3 amide bonds. The van der Waals surface area contributed by atoms with E-state index < -0.39 is 72.9 Å². The average Bonchev–Trinajstić information content (AvgIpc) is 2.53. The molecular weight excluding hydrogens is 358 g/mol. The quantitative estimate of drug-likeness (QED) is 0.204. The SMILES string of the molecule is CC(=O)N[C@H]1[C@H]([C@H](O)[C@H](O)CNC(=O)C(N)=O)O[C@@](O)(C(=O)O)C[C@@H]1O. The van der Waals surface area contributed by atoms with Gasteiger partial charge >= 0.3 is 17.8 Å². The van der Waals surface area contributed by atoms with Gasteiger partial charge in [-0.1, -0.05) is 0 Å². The lowest BCUT2D eigenvalue weighted by molar-refractivity contribution is -0.294. The van der Waals surface area contributed by atoms with Gasteiger partial charge in [0.25, 0.3) is 5.79 Å². The molecule has 6 atom stereocenters. The predicted molar refractivity (Wildman–Crippen MR) is 79.9 cm³/mol. The number of carbonyl (C=O) groups excluding carboxylic acids is 3. The van der Waals surface area contributed by atoms with E-state index in [1.165, 1.54) is 0 Å². The molecule has 1 fully saturated rings. The molecule has 0 radical (unpaired) electrons. The molecule has 26 heavy (non-hydrogen) atoms. The maximum atomic E-state index is 11.3. The third-order valence-corrected chi connectivity index (χ3v) is 3.72. The molecule has 13 nitrogen and oxygen atoms in total. The third-order valence-electron chi connectivity index (χ3n) is 3.72. The van der Waals surface area contributed by atoms with Crippen molar-refractivity contribution >= 4 is 23.7 Å². The first-order chi connectivity index (χ1) is 11.9. The van der Waals surface area contributed by atoms with Crippen LogP contribution in [0.3, 0.4) is 0 Å². The summed E-state index contributed by atoms with van der Waals surface area (Å²) in [5.41, 5.74) is 4.71. The van der Waals surface area contributed by atoms with Crippen LogP contribution in [0.1, 0.15) is 13.3 Å². The van der Waals surface area contributed by atoms with Crippen molar-refractivity contribution in [3.05, 3.63) is 0 Å². The summed E-state index contributed by atoms with van der Waals surface area (Å²) < 4.78 is 4.92. The lowest BCUT2D eigenvalue weighted by atomic mass is 9.88. The molecule has 0 aromatic heterocycles. The van der Waals surface area contributed by atoms with E-state index in [1.807, 2.05) is 5.32 Å². The van der Waals surface area contributed by atoms with Crippen LogP contribution in [-0.4, -0.2) is 92.0 Å². The second-order valence-corrected chi connectivity index (χ2v) is 5.80. The summed E-state index contributed by atoms with van der Waals surface area (Å²) in [6.45, 7) is 0.398. The molecule has 1 aliphatic rings. The van der Waals surface area contributed by atoms with Gasteiger partial charge in [-0.15, -0.1) is 0 Å². The van der Waals surface area contributed by atoms with Crippen molar-refractivity contribution in [2.24, 2.45) is 5.73 Å². The third kappa shape index (κ3) is 5.09. The molecule has 0 bridgehead atoms. The fourth-order valence-corrected chi connectivity index (χ4v) is 2.43. The Morgan fingerprint density at radius 1 is 1.31 bits per heavy atom. The fourth-order valence-electron chi connectivity index (χ4n) is 2.43. The van der Waals surface area contributed by atoms with Crippen molar-refractivity contribution in [1.82, 2.24) is 10.6 Å². The molecule has 13 heteroatoms. The Hall–Kier alpha value is -2.32. The van der Waals surface area contributed by atoms with Crippen molar-refractivity contribution in [2.75, 3.05) is 6.54 Å². The highest BCUT2D eigenvalue weighted by Gasteiger charge is 2.53. The van der Waals surface area contributed by atoms with Crippen LogP contribution in [0.4, 0.5) is 0 Å². The number of amides is 3. The first kappa shape index (κ1) is 21.7.